The fourth-order valence-corrected chi connectivity index (χ4v) is 6.70. The monoisotopic (exact) mass is 360 g/mol. The van der Waals surface area contributed by atoms with Gasteiger partial charge >= 0.3 is 0 Å². The van der Waals surface area contributed by atoms with E-state index in [1.165, 1.54) is 43.2 Å². The highest BCUT2D eigenvalue weighted by Crippen LogP contribution is 2.60. The van der Waals surface area contributed by atoms with E-state index in [1.54, 1.807) is 11.1 Å². The van der Waals surface area contributed by atoms with E-state index < -0.39 is 0 Å². The van der Waals surface area contributed by atoms with Gasteiger partial charge in [0.1, 0.15) is 0 Å². The molecule has 27 heavy (non-hydrogen) atoms. The Bertz CT molecular complexity index is 810. The van der Waals surface area contributed by atoms with Crippen LogP contribution in [0.15, 0.2) is 48.5 Å². The van der Waals surface area contributed by atoms with E-state index in [2.05, 4.69) is 55.5 Å². The quantitative estimate of drug-likeness (QED) is 0.745. The highest BCUT2D eigenvalue weighted by atomic mass is 16.3. The van der Waals surface area contributed by atoms with Crippen molar-refractivity contribution in [3.63, 3.8) is 0 Å². The summed E-state index contributed by atoms with van der Waals surface area (Å²) in [5, 5.41) is 10.6. The van der Waals surface area contributed by atoms with Crippen LogP contribution in [0.3, 0.4) is 0 Å². The second-order valence-corrected chi connectivity index (χ2v) is 9.57. The molecule has 5 rings (SSSR count). The lowest BCUT2D eigenvalue weighted by Gasteiger charge is -2.50. The summed E-state index contributed by atoms with van der Waals surface area (Å²) in [6, 6.07) is 18.2. The van der Waals surface area contributed by atoms with Crippen LogP contribution in [0, 0.1) is 17.3 Å². The van der Waals surface area contributed by atoms with E-state index in [-0.39, 0.29) is 11.5 Å². The minimum absolute atomic E-state index is 0.0646. The third-order valence-corrected chi connectivity index (χ3v) is 8.29. The summed E-state index contributed by atoms with van der Waals surface area (Å²) in [6.07, 6.45) is 9.50. The molecule has 3 unspecified atom stereocenters. The summed E-state index contributed by atoms with van der Waals surface area (Å²) < 4.78 is 0. The van der Waals surface area contributed by atoms with E-state index in [0.29, 0.717) is 0 Å². The first kappa shape index (κ1) is 17.5. The number of fused-ring (bicyclic) bond motifs is 5. The fourth-order valence-electron chi connectivity index (χ4n) is 6.70. The molecule has 0 radical (unpaired) electrons. The van der Waals surface area contributed by atoms with Crippen molar-refractivity contribution in [1.82, 2.24) is 0 Å². The largest absolute Gasteiger partial charge is 0.393 e. The predicted octanol–water partition coefficient (Wildman–Crippen LogP) is 5.69. The minimum atomic E-state index is -0.0646. The molecule has 0 heterocycles. The lowest BCUT2D eigenvalue weighted by Crippen LogP contribution is -2.43. The Morgan fingerprint density at radius 2 is 1.74 bits per heavy atom. The zero-order chi connectivity index (χ0) is 18.4. The van der Waals surface area contributed by atoms with Crippen molar-refractivity contribution in [1.29, 1.82) is 0 Å². The Morgan fingerprint density at radius 3 is 2.59 bits per heavy atom. The summed E-state index contributed by atoms with van der Waals surface area (Å²) in [7, 11) is 0. The second-order valence-electron chi connectivity index (χ2n) is 9.57. The van der Waals surface area contributed by atoms with Crippen LogP contribution in [0.25, 0.3) is 0 Å². The molecule has 3 aliphatic rings. The summed E-state index contributed by atoms with van der Waals surface area (Å²) in [4.78, 5) is 0. The smallest absolute Gasteiger partial charge is 0.0596 e. The Kier molecular flexibility index (Phi) is 4.39. The molecule has 0 spiro atoms. The first-order valence-corrected chi connectivity index (χ1v) is 11.0. The maximum atomic E-state index is 10.6. The van der Waals surface area contributed by atoms with Gasteiger partial charge in [0.05, 0.1) is 6.10 Å². The maximum absolute atomic E-state index is 10.6. The van der Waals surface area contributed by atoms with Crippen molar-refractivity contribution < 1.29 is 5.11 Å². The first-order valence-electron chi connectivity index (χ1n) is 11.0. The van der Waals surface area contributed by atoms with Gasteiger partial charge in [-0.1, -0.05) is 55.5 Å². The van der Waals surface area contributed by atoms with Gasteiger partial charge in [0, 0.05) is 0 Å². The Labute approximate surface area is 163 Å². The van der Waals surface area contributed by atoms with Crippen LogP contribution in [0.5, 0.6) is 0 Å². The topological polar surface area (TPSA) is 20.2 Å². The van der Waals surface area contributed by atoms with Crippen molar-refractivity contribution in [3.05, 3.63) is 70.8 Å². The highest BCUT2D eigenvalue weighted by molar-refractivity contribution is 5.38. The van der Waals surface area contributed by atoms with Gasteiger partial charge < -0.3 is 5.11 Å². The van der Waals surface area contributed by atoms with Crippen molar-refractivity contribution in [2.45, 2.75) is 70.3 Å². The molecule has 0 aromatic heterocycles. The molecule has 0 amide bonds. The van der Waals surface area contributed by atoms with Crippen LogP contribution in [-0.2, 0) is 19.3 Å². The zero-order valence-corrected chi connectivity index (χ0v) is 16.5. The van der Waals surface area contributed by atoms with Crippen LogP contribution in [-0.4, -0.2) is 11.2 Å². The number of aryl methyl sites for hydroxylation is 3. The number of benzene rings is 2. The van der Waals surface area contributed by atoms with Gasteiger partial charge in [0.2, 0.25) is 0 Å². The maximum Gasteiger partial charge on any atom is 0.0596 e. The van der Waals surface area contributed by atoms with Crippen LogP contribution in [0.2, 0.25) is 0 Å². The standard InChI is InChI=1S/C26H32O/c1-26-16-15-22-21-11-9-19(8-7-18-5-3-2-4-6-18)17-20(21)10-12-23(22)24(26)13-14-25(26)27/h2-6,9,11,17,22-25,27H,7-8,10,12-16H2,1H3/t22?,23?,24?,25-,26-/m0/s1. The van der Waals surface area contributed by atoms with Crippen molar-refractivity contribution in [2.75, 3.05) is 0 Å². The molecule has 2 aromatic rings. The fraction of sp³-hybridized carbons (Fsp3) is 0.538. The summed E-state index contributed by atoms with van der Waals surface area (Å²) in [6.45, 7) is 2.37. The number of hydrogen-bond donors (Lipinski definition) is 1. The van der Waals surface area contributed by atoms with E-state index in [4.69, 9.17) is 0 Å². The molecule has 5 atom stereocenters. The molecule has 3 aliphatic carbocycles. The molecule has 2 fully saturated rings. The van der Waals surface area contributed by atoms with Crippen LogP contribution in [0.1, 0.15) is 67.2 Å². The number of rotatable bonds is 3. The van der Waals surface area contributed by atoms with Crippen LogP contribution < -0.4 is 0 Å². The van der Waals surface area contributed by atoms with Gasteiger partial charge in [-0.15, -0.1) is 0 Å². The molecule has 0 bridgehead atoms. The summed E-state index contributed by atoms with van der Waals surface area (Å²) in [5.74, 6) is 2.26. The van der Waals surface area contributed by atoms with Gasteiger partial charge in [0.15, 0.2) is 0 Å². The van der Waals surface area contributed by atoms with Gasteiger partial charge in [-0.25, -0.2) is 0 Å². The summed E-state index contributed by atoms with van der Waals surface area (Å²) >= 11 is 0. The first-order chi connectivity index (χ1) is 13.1. The van der Waals surface area contributed by atoms with E-state index in [1.807, 2.05) is 0 Å². The third-order valence-electron chi connectivity index (χ3n) is 8.29. The van der Waals surface area contributed by atoms with Crippen LogP contribution >= 0.6 is 0 Å². The second kappa shape index (κ2) is 6.78. The SMILES string of the molecule is C[C@]12CCC3c4ccc(CCc5ccccc5)cc4CCC3C1CC[C@@H]2O. The van der Waals surface area contributed by atoms with Gasteiger partial charge in [-0.2, -0.15) is 0 Å². The molecule has 0 aliphatic heterocycles. The molecule has 1 nitrogen and oxygen atoms in total. The molecule has 2 aromatic carbocycles. The predicted molar refractivity (Wildman–Crippen MR) is 111 cm³/mol. The van der Waals surface area contributed by atoms with Gasteiger partial charge in [0.25, 0.3) is 0 Å². The van der Waals surface area contributed by atoms with Crippen molar-refractivity contribution in [2.24, 2.45) is 17.3 Å². The highest BCUT2D eigenvalue weighted by Gasteiger charge is 2.54. The molecule has 142 valence electrons. The Balaban J connectivity index is 1.34. The van der Waals surface area contributed by atoms with Crippen LogP contribution in [0.4, 0.5) is 0 Å². The average Bonchev–Trinajstić information content (AvgIpc) is 3.01. The molecule has 1 heteroatoms. The van der Waals surface area contributed by atoms with E-state index in [0.717, 1.165) is 37.0 Å². The lowest BCUT2D eigenvalue weighted by molar-refractivity contribution is -0.0226. The third kappa shape index (κ3) is 2.95. The van der Waals surface area contributed by atoms with E-state index >= 15 is 0 Å². The molecule has 0 saturated heterocycles. The number of aliphatic hydroxyl groups is 1. The zero-order valence-electron chi connectivity index (χ0n) is 16.5. The average molecular weight is 361 g/mol. The minimum Gasteiger partial charge on any atom is -0.393 e. The van der Waals surface area contributed by atoms with Crippen molar-refractivity contribution >= 4 is 0 Å². The number of hydrogen-bond acceptors (Lipinski definition) is 1. The van der Waals surface area contributed by atoms with Crippen molar-refractivity contribution in [3.8, 4) is 0 Å². The van der Waals surface area contributed by atoms with Gasteiger partial charge in [-0.05, 0) is 96.8 Å². The van der Waals surface area contributed by atoms with Gasteiger partial charge in [-0.3, -0.25) is 0 Å². The summed E-state index contributed by atoms with van der Waals surface area (Å²) in [5.41, 5.74) is 6.37. The Hall–Kier alpha value is -1.60. The molecule has 1 N–H and O–H groups in total. The lowest BCUT2D eigenvalue weighted by atomic mass is 9.55. The normalized spacial score (nSPS) is 34.6. The van der Waals surface area contributed by atoms with E-state index in [9.17, 15) is 5.11 Å². The Morgan fingerprint density at radius 1 is 0.926 bits per heavy atom. The molecule has 2 saturated carbocycles. The molecular weight excluding hydrogens is 328 g/mol. The molecular formula is C26H32O. The number of aliphatic hydroxyl groups excluding tert-OH is 1.